The summed E-state index contributed by atoms with van der Waals surface area (Å²) >= 11 is 0. The lowest BCUT2D eigenvalue weighted by Gasteiger charge is -2.37. The summed E-state index contributed by atoms with van der Waals surface area (Å²) in [7, 11) is 0. The Morgan fingerprint density at radius 1 is 1.39 bits per heavy atom. The van der Waals surface area contributed by atoms with Crippen LogP contribution in [0.3, 0.4) is 0 Å². The molecule has 0 saturated carbocycles. The summed E-state index contributed by atoms with van der Waals surface area (Å²) in [6.45, 7) is 8.25. The number of aliphatic hydroxyl groups is 1. The molecule has 100 valence electrons. The smallest absolute Gasteiger partial charge is 0.102 e. The molecule has 0 aromatic heterocycles. The van der Waals surface area contributed by atoms with E-state index in [2.05, 4.69) is 44.3 Å². The highest BCUT2D eigenvalue weighted by Crippen LogP contribution is 2.40. The van der Waals surface area contributed by atoms with Crippen LogP contribution in [0.4, 0.5) is 0 Å². The summed E-state index contributed by atoms with van der Waals surface area (Å²) in [6.07, 6.45) is 1.92. The van der Waals surface area contributed by atoms with E-state index >= 15 is 0 Å². The molecule has 0 heterocycles. The van der Waals surface area contributed by atoms with Crippen molar-refractivity contribution in [1.29, 1.82) is 0 Å². The lowest BCUT2D eigenvalue weighted by molar-refractivity contribution is 0.0157. The molecule has 1 aromatic rings. The van der Waals surface area contributed by atoms with Crippen molar-refractivity contribution in [2.24, 2.45) is 5.92 Å². The van der Waals surface area contributed by atoms with Crippen molar-refractivity contribution in [2.45, 2.75) is 45.1 Å². The predicted octanol–water partition coefficient (Wildman–Crippen LogP) is 3.02. The second-order valence-electron chi connectivity index (χ2n) is 6.08. The van der Waals surface area contributed by atoms with E-state index in [0.29, 0.717) is 18.4 Å². The van der Waals surface area contributed by atoms with Crippen molar-refractivity contribution in [3.8, 4) is 0 Å². The van der Waals surface area contributed by atoms with E-state index in [0.717, 1.165) is 24.9 Å². The maximum atomic E-state index is 10.9. The molecule has 0 aliphatic heterocycles. The van der Waals surface area contributed by atoms with Gasteiger partial charge in [0.1, 0.15) is 5.60 Å². The second kappa shape index (κ2) is 5.41. The molecule has 0 spiro atoms. The summed E-state index contributed by atoms with van der Waals surface area (Å²) in [5.74, 6) is 1.18. The third kappa shape index (κ3) is 2.76. The third-order valence-electron chi connectivity index (χ3n) is 3.95. The first-order valence-electron chi connectivity index (χ1n) is 7.05. The van der Waals surface area contributed by atoms with Gasteiger partial charge in [-0.2, -0.15) is 0 Å². The Kier molecular flexibility index (Phi) is 4.08. The van der Waals surface area contributed by atoms with Crippen molar-refractivity contribution >= 4 is 0 Å². The summed E-state index contributed by atoms with van der Waals surface area (Å²) in [5, 5.41) is 14.3. The topological polar surface area (TPSA) is 32.3 Å². The monoisotopic (exact) mass is 247 g/mol. The molecule has 2 atom stereocenters. The first-order chi connectivity index (χ1) is 8.53. The first-order valence-corrected chi connectivity index (χ1v) is 7.05. The van der Waals surface area contributed by atoms with Gasteiger partial charge in [-0.15, -0.1) is 0 Å². The molecular weight excluding hydrogens is 222 g/mol. The van der Waals surface area contributed by atoms with Crippen LogP contribution in [0.1, 0.15) is 50.7 Å². The van der Waals surface area contributed by atoms with Gasteiger partial charge in [0.25, 0.3) is 0 Å². The van der Waals surface area contributed by atoms with Crippen LogP contribution in [0, 0.1) is 5.92 Å². The molecule has 18 heavy (non-hydrogen) atoms. The largest absolute Gasteiger partial charge is 0.384 e. The van der Waals surface area contributed by atoms with Gasteiger partial charge in [0.2, 0.25) is 0 Å². The van der Waals surface area contributed by atoms with Crippen molar-refractivity contribution in [1.82, 2.24) is 5.32 Å². The highest BCUT2D eigenvalue weighted by atomic mass is 16.3. The third-order valence-corrected chi connectivity index (χ3v) is 3.95. The molecular formula is C16H25NO. The zero-order chi connectivity index (χ0) is 13.2. The molecule has 0 bridgehead atoms. The Morgan fingerprint density at radius 3 is 2.83 bits per heavy atom. The molecule has 1 aromatic carbocycles. The van der Waals surface area contributed by atoms with Crippen molar-refractivity contribution in [3.05, 3.63) is 35.4 Å². The van der Waals surface area contributed by atoms with E-state index in [-0.39, 0.29) is 0 Å². The number of hydrogen-bond acceptors (Lipinski definition) is 2. The van der Waals surface area contributed by atoms with Crippen LogP contribution >= 0.6 is 0 Å². The number of benzene rings is 1. The van der Waals surface area contributed by atoms with Crippen LogP contribution < -0.4 is 5.32 Å². The van der Waals surface area contributed by atoms with Crippen LogP contribution in [0.25, 0.3) is 0 Å². The highest BCUT2D eigenvalue weighted by molar-refractivity contribution is 5.37. The minimum atomic E-state index is -0.683. The molecule has 0 fully saturated rings. The zero-order valence-electron chi connectivity index (χ0n) is 11.7. The van der Waals surface area contributed by atoms with Crippen LogP contribution in [-0.4, -0.2) is 18.2 Å². The molecule has 2 unspecified atom stereocenters. The number of nitrogens with one attached hydrogen (secondary N) is 1. The average molecular weight is 247 g/mol. The Morgan fingerprint density at radius 2 is 2.11 bits per heavy atom. The molecule has 1 aliphatic rings. The Bertz CT molecular complexity index is 402. The minimum absolute atomic E-state index is 0.562. The molecule has 0 amide bonds. The maximum absolute atomic E-state index is 10.9. The van der Waals surface area contributed by atoms with Crippen LogP contribution in [0.5, 0.6) is 0 Å². The van der Waals surface area contributed by atoms with Gasteiger partial charge in [0.15, 0.2) is 0 Å². The van der Waals surface area contributed by atoms with E-state index in [1.165, 1.54) is 5.56 Å². The van der Waals surface area contributed by atoms with Crippen LogP contribution in [0.2, 0.25) is 0 Å². The van der Waals surface area contributed by atoms with Gasteiger partial charge in [0.05, 0.1) is 0 Å². The molecule has 2 heteroatoms. The SMILES string of the molecule is CC(C)CNCC1(O)CCC(C)c2ccccc21. The van der Waals surface area contributed by atoms with Gasteiger partial charge >= 0.3 is 0 Å². The van der Waals surface area contributed by atoms with Gasteiger partial charge in [-0.1, -0.05) is 45.0 Å². The summed E-state index contributed by atoms with van der Waals surface area (Å²) in [6, 6.07) is 8.35. The molecule has 0 saturated heterocycles. The summed E-state index contributed by atoms with van der Waals surface area (Å²) < 4.78 is 0. The molecule has 1 aliphatic carbocycles. The van der Waals surface area contributed by atoms with Gasteiger partial charge in [-0.05, 0) is 42.3 Å². The maximum Gasteiger partial charge on any atom is 0.102 e. The zero-order valence-corrected chi connectivity index (χ0v) is 11.7. The van der Waals surface area contributed by atoms with Gasteiger partial charge in [-0.3, -0.25) is 0 Å². The van der Waals surface area contributed by atoms with E-state index in [1.807, 2.05) is 6.07 Å². The Labute approximate surface area is 110 Å². The minimum Gasteiger partial charge on any atom is -0.384 e. The molecule has 2 nitrogen and oxygen atoms in total. The molecule has 2 N–H and O–H groups in total. The first kappa shape index (κ1) is 13.6. The van der Waals surface area contributed by atoms with Gasteiger partial charge in [-0.25, -0.2) is 0 Å². The number of fused-ring (bicyclic) bond motifs is 1. The fourth-order valence-corrected chi connectivity index (χ4v) is 2.85. The fraction of sp³-hybridized carbons (Fsp3) is 0.625. The van der Waals surface area contributed by atoms with Crippen LogP contribution in [-0.2, 0) is 5.60 Å². The lowest BCUT2D eigenvalue weighted by Crippen LogP contribution is -2.42. The lowest BCUT2D eigenvalue weighted by atomic mass is 9.74. The molecule has 0 radical (unpaired) electrons. The van der Waals surface area contributed by atoms with Gasteiger partial charge < -0.3 is 10.4 Å². The second-order valence-corrected chi connectivity index (χ2v) is 6.08. The van der Waals surface area contributed by atoms with Gasteiger partial charge in [0, 0.05) is 6.54 Å². The normalized spacial score (nSPS) is 27.3. The quantitative estimate of drug-likeness (QED) is 0.857. The highest BCUT2D eigenvalue weighted by Gasteiger charge is 2.36. The van der Waals surface area contributed by atoms with E-state index < -0.39 is 5.60 Å². The number of rotatable bonds is 4. The molecule has 2 rings (SSSR count). The summed E-state index contributed by atoms with van der Waals surface area (Å²) in [5.41, 5.74) is 1.76. The van der Waals surface area contributed by atoms with Crippen molar-refractivity contribution in [2.75, 3.05) is 13.1 Å². The Hall–Kier alpha value is -0.860. The standard InChI is InChI=1S/C16H25NO/c1-12(2)10-17-11-16(18)9-8-13(3)14-6-4-5-7-15(14)16/h4-7,12-13,17-18H,8-11H2,1-3H3. The van der Waals surface area contributed by atoms with E-state index in [1.54, 1.807) is 0 Å². The number of hydrogen-bond donors (Lipinski definition) is 2. The van der Waals surface area contributed by atoms with Crippen molar-refractivity contribution < 1.29 is 5.11 Å². The summed E-state index contributed by atoms with van der Waals surface area (Å²) in [4.78, 5) is 0. The van der Waals surface area contributed by atoms with E-state index in [9.17, 15) is 5.11 Å². The predicted molar refractivity (Wildman–Crippen MR) is 75.7 cm³/mol. The fourth-order valence-electron chi connectivity index (χ4n) is 2.85. The Balaban J connectivity index is 2.16. The average Bonchev–Trinajstić information content (AvgIpc) is 2.34. The van der Waals surface area contributed by atoms with Crippen LogP contribution in [0.15, 0.2) is 24.3 Å². The van der Waals surface area contributed by atoms with E-state index in [4.69, 9.17) is 0 Å². The van der Waals surface area contributed by atoms with Crippen molar-refractivity contribution in [3.63, 3.8) is 0 Å².